The van der Waals surface area contributed by atoms with Crippen LogP contribution in [0.25, 0.3) is 5.57 Å². The number of amides is 1. The van der Waals surface area contributed by atoms with Crippen LogP contribution in [0.4, 0.5) is 14.5 Å². The Bertz CT molecular complexity index is 788. The Morgan fingerprint density at radius 2 is 2.00 bits per heavy atom. The lowest BCUT2D eigenvalue weighted by molar-refractivity contribution is -0.111. The zero-order valence-electron chi connectivity index (χ0n) is 13.3. The van der Waals surface area contributed by atoms with Gasteiger partial charge in [-0.25, -0.2) is 8.78 Å². The van der Waals surface area contributed by atoms with Crippen LogP contribution >= 0.6 is 0 Å². The number of ether oxygens (including phenoxy) is 1. The lowest BCUT2D eigenvalue weighted by Crippen LogP contribution is -2.09. The van der Waals surface area contributed by atoms with Crippen LogP contribution in [-0.4, -0.2) is 18.1 Å². The maximum absolute atomic E-state index is 13.7. The molecule has 4 nitrogen and oxygen atoms in total. The fourth-order valence-electron chi connectivity index (χ4n) is 2.24. The molecule has 126 valence electrons. The van der Waals surface area contributed by atoms with Crippen molar-refractivity contribution < 1.29 is 23.4 Å². The van der Waals surface area contributed by atoms with Crippen LogP contribution in [0.2, 0.25) is 0 Å². The molecule has 2 aromatic carbocycles. The molecule has 0 saturated heterocycles. The van der Waals surface area contributed by atoms with Crippen molar-refractivity contribution in [2.24, 2.45) is 0 Å². The Labute approximate surface area is 138 Å². The van der Waals surface area contributed by atoms with Gasteiger partial charge in [-0.15, -0.1) is 0 Å². The smallest absolute Gasteiger partial charge is 0.248 e. The van der Waals surface area contributed by atoms with Gasteiger partial charge in [0.1, 0.15) is 17.4 Å². The van der Waals surface area contributed by atoms with E-state index >= 15 is 0 Å². The van der Waals surface area contributed by atoms with Crippen LogP contribution in [0.5, 0.6) is 5.75 Å². The zero-order valence-corrected chi connectivity index (χ0v) is 13.3. The standard InChI is InChI=1S/C18H17F2NO3/c1-11(15-5-3-13(19)9-16(15)20)7-18(23)21-14-4-6-17(24-2)12(8-14)10-22/h3-9,22H,10H2,1-2H3,(H,21,23)/b11-7-. The number of hydrogen-bond acceptors (Lipinski definition) is 3. The summed E-state index contributed by atoms with van der Waals surface area (Å²) in [5.74, 6) is -1.37. The van der Waals surface area contributed by atoms with Crippen molar-refractivity contribution in [3.63, 3.8) is 0 Å². The first kappa shape index (κ1) is 17.6. The minimum atomic E-state index is -0.733. The molecule has 0 aromatic heterocycles. The van der Waals surface area contributed by atoms with Gasteiger partial charge in [0.2, 0.25) is 5.91 Å². The van der Waals surface area contributed by atoms with Gasteiger partial charge in [0.05, 0.1) is 13.7 Å². The highest BCUT2D eigenvalue weighted by molar-refractivity contribution is 6.03. The third-order valence-electron chi connectivity index (χ3n) is 3.42. The summed E-state index contributed by atoms with van der Waals surface area (Å²) < 4.78 is 31.7. The van der Waals surface area contributed by atoms with Gasteiger partial charge in [-0.05, 0) is 42.8 Å². The largest absolute Gasteiger partial charge is 0.496 e. The third kappa shape index (κ3) is 4.17. The number of halogens is 2. The molecule has 2 N–H and O–H groups in total. The SMILES string of the molecule is COc1ccc(NC(=O)/C=C(/C)c2ccc(F)cc2F)cc1CO. The number of carbonyl (C=O) groups is 1. The highest BCUT2D eigenvalue weighted by atomic mass is 19.1. The van der Waals surface area contributed by atoms with E-state index in [1.165, 1.54) is 19.3 Å². The lowest BCUT2D eigenvalue weighted by atomic mass is 10.1. The summed E-state index contributed by atoms with van der Waals surface area (Å²) >= 11 is 0. The van der Waals surface area contributed by atoms with Gasteiger partial charge >= 0.3 is 0 Å². The Hall–Kier alpha value is -2.73. The summed E-state index contributed by atoms with van der Waals surface area (Å²) in [7, 11) is 1.48. The van der Waals surface area contributed by atoms with Crippen molar-refractivity contribution in [3.8, 4) is 5.75 Å². The average molecular weight is 333 g/mol. The first-order valence-corrected chi connectivity index (χ1v) is 7.17. The molecule has 0 aliphatic heterocycles. The summed E-state index contributed by atoms with van der Waals surface area (Å²) in [6, 6.07) is 8.00. The van der Waals surface area contributed by atoms with Crippen molar-refractivity contribution in [2.45, 2.75) is 13.5 Å². The van der Waals surface area contributed by atoms with E-state index in [9.17, 15) is 18.7 Å². The molecule has 1 amide bonds. The molecule has 0 aliphatic rings. The molecular weight excluding hydrogens is 316 g/mol. The van der Waals surface area contributed by atoms with Crippen molar-refractivity contribution in [3.05, 3.63) is 65.2 Å². The molecule has 24 heavy (non-hydrogen) atoms. The Morgan fingerprint density at radius 1 is 1.25 bits per heavy atom. The monoisotopic (exact) mass is 333 g/mol. The number of rotatable bonds is 5. The fraction of sp³-hybridized carbons (Fsp3) is 0.167. The number of methoxy groups -OCH3 is 1. The molecule has 0 aliphatic carbocycles. The van der Waals surface area contributed by atoms with E-state index in [0.29, 0.717) is 22.6 Å². The van der Waals surface area contributed by atoms with Gasteiger partial charge in [0.15, 0.2) is 0 Å². The molecule has 0 unspecified atom stereocenters. The van der Waals surface area contributed by atoms with Crippen molar-refractivity contribution in [2.75, 3.05) is 12.4 Å². The maximum Gasteiger partial charge on any atom is 0.248 e. The number of carbonyl (C=O) groups excluding carboxylic acids is 1. The topological polar surface area (TPSA) is 58.6 Å². The van der Waals surface area contributed by atoms with E-state index in [-0.39, 0.29) is 12.2 Å². The number of anilines is 1. The average Bonchev–Trinajstić information content (AvgIpc) is 2.54. The second kappa shape index (κ2) is 7.70. The fourth-order valence-corrected chi connectivity index (χ4v) is 2.24. The Morgan fingerprint density at radius 3 is 2.62 bits per heavy atom. The first-order chi connectivity index (χ1) is 11.4. The van der Waals surface area contributed by atoms with Crippen molar-refractivity contribution in [1.82, 2.24) is 0 Å². The van der Waals surface area contributed by atoms with E-state index in [1.807, 2.05) is 0 Å². The number of hydrogen-bond donors (Lipinski definition) is 2. The van der Waals surface area contributed by atoms with E-state index in [2.05, 4.69) is 5.32 Å². The third-order valence-corrected chi connectivity index (χ3v) is 3.42. The molecule has 0 radical (unpaired) electrons. The Balaban J connectivity index is 2.17. The second-order valence-electron chi connectivity index (χ2n) is 5.13. The Kier molecular flexibility index (Phi) is 5.65. The highest BCUT2D eigenvalue weighted by Crippen LogP contribution is 2.23. The zero-order chi connectivity index (χ0) is 17.7. The van der Waals surface area contributed by atoms with Gasteiger partial charge in [-0.1, -0.05) is 0 Å². The molecule has 0 heterocycles. The predicted octanol–water partition coefficient (Wildman–Crippen LogP) is 3.51. The van der Waals surface area contributed by atoms with Crippen molar-refractivity contribution in [1.29, 1.82) is 0 Å². The van der Waals surface area contributed by atoms with Gasteiger partial charge in [0.25, 0.3) is 0 Å². The molecule has 0 saturated carbocycles. The maximum atomic E-state index is 13.7. The van der Waals surface area contributed by atoms with Gasteiger partial charge in [-0.2, -0.15) is 0 Å². The van der Waals surface area contributed by atoms with E-state index in [4.69, 9.17) is 4.74 Å². The second-order valence-corrected chi connectivity index (χ2v) is 5.13. The van der Waals surface area contributed by atoms with E-state index < -0.39 is 17.5 Å². The lowest BCUT2D eigenvalue weighted by Gasteiger charge is -2.09. The molecule has 0 fully saturated rings. The molecule has 2 rings (SSSR count). The number of nitrogens with one attached hydrogen (secondary N) is 1. The summed E-state index contributed by atoms with van der Waals surface area (Å²) in [6.07, 6.45) is 1.22. The summed E-state index contributed by atoms with van der Waals surface area (Å²) in [5.41, 5.74) is 1.51. The van der Waals surface area contributed by atoms with Gasteiger partial charge < -0.3 is 15.2 Å². The molecule has 0 atom stereocenters. The van der Waals surface area contributed by atoms with Crippen LogP contribution in [0.1, 0.15) is 18.1 Å². The highest BCUT2D eigenvalue weighted by Gasteiger charge is 2.09. The van der Waals surface area contributed by atoms with Crippen LogP contribution in [0, 0.1) is 11.6 Å². The molecule has 6 heteroatoms. The number of benzene rings is 2. The van der Waals surface area contributed by atoms with Crippen molar-refractivity contribution >= 4 is 17.2 Å². The molecule has 2 aromatic rings. The molecule has 0 spiro atoms. The van der Waals surface area contributed by atoms with Crippen LogP contribution < -0.4 is 10.1 Å². The minimum Gasteiger partial charge on any atom is -0.496 e. The van der Waals surface area contributed by atoms with Gasteiger partial charge in [-0.3, -0.25) is 4.79 Å². The van der Waals surface area contributed by atoms with E-state index in [0.717, 1.165) is 12.1 Å². The number of aliphatic hydroxyl groups excluding tert-OH is 1. The number of aliphatic hydroxyl groups is 1. The number of allylic oxidation sites excluding steroid dienone is 1. The quantitative estimate of drug-likeness (QED) is 0.823. The van der Waals surface area contributed by atoms with Gasteiger partial charge in [0, 0.05) is 29.0 Å². The van der Waals surface area contributed by atoms with E-state index in [1.54, 1.807) is 25.1 Å². The molecule has 0 bridgehead atoms. The summed E-state index contributed by atoms with van der Waals surface area (Å²) in [6.45, 7) is 1.33. The minimum absolute atomic E-state index is 0.150. The summed E-state index contributed by atoms with van der Waals surface area (Å²) in [5, 5.41) is 11.9. The predicted molar refractivity (Wildman–Crippen MR) is 87.6 cm³/mol. The first-order valence-electron chi connectivity index (χ1n) is 7.17. The summed E-state index contributed by atoms with van der Waals surface area (Å²) in [4.78, 5) is 12.1. The molecular formula is C18H17F2NO3. The normalized spacial score (nSPS) is 11.3. The van der Waals surface area contributed by atoms with Crippen LogP contribution in [0.15, 0.2) is 42.5 Å². The van der Waals surface area contributed by atoms with Crippen LogP contribution in [0.3, 0.4) is 0 Å². The van der Waals surface area contributed by atoms with Crippen LogP contribution in [-0.2, 0) is 11.4 Å².